The Balaban J connectivity index is 2.06. The molecular formula is C6H12NO. The number of hydroxylamine groups is 1. The van der Waals surface area contributed by atoms with Gasteiger partial charge in [0, 0.05) is 7.05 Å². The van der Waals surface area contributed by atoms with Crippen LogP contribution in [-0.4, -0.2) is 13.2 Å². The van der Waals surface area contributed by atoms with Gasteiger partial charge >= 0.3 is 0 Å². The maximum atomic E-state index is 5.03. The Morgan fingerprint density at radius 2 is 2.00 bits per heavy atom. The number of nitrogens with zero attached hydrogens (tertiary/aromatic N) is 1. The average molecular weight is 114 g/mol. The van der Waals surface area contributed by atoms with Crippen LogP contribution in [0.1, 0.15) is 25.7 Å². The molecule has 0 aromatic rings. The van der Waals surface area contributed by atoms with Gasteiger partial charge in [0.05, 0.1) is 6.10 Å². The van der Waals surface area contributed by atoms with E-state index < -0.39 is 0 Å². The van der Waals surface area contributed by atoms with Gasteiger partial charge in [0.15, 0.2) is 0 Å². The van der Waals surface area contributed by atoms with Crippen LogP contribution in [0.25, 0.3) is 0 Å². The number of hydrogen-bond donors (Lipinski definition) is 0. The lowest BCUT2D eigenvalue weighted by Gasteiger charge is -2.04. The first-order valence-corrected chi connectivity index (χ1v) is 3.18. The molecule has 0 spiro atoms. The Kier molecular flexibility index (Phi) is 2.30. The highest BCUT2D eigenvalue weighted by Crippen LogP contribution is 2.19. The van der Waals surface area contributed by atoms with E-state index in [9.17, 15) is 0 Å². The van der Waals surface area contributed by atoms with Gasteiger partial charge in [-0.3, -0.25) is 4.84 Å². The highest BCUT2D eigenvalue weighted by atomic mass is 16.7. The van der Waals surface area contributed by atoms with E-state index in [1.54, 1.807) is 7.05 Å². The quantitative estimate of drug-likeness (QED) is 0.493. The molecule has 0 aromatic carbocycles. The molecule has 8 heavy (non-hydrogen) atoms. The van der Waals surface area contributed by atoms with Gasteiger partial charge in [0.1, 0.15) is 0 Å². The molecule has 1 radical (unpaired) electrons. The van der Waals surface area contributed by atoms with Crippen molar-refractivity contribution in [2.45, 2.75) is 31.8 Å². The lowest BCUT2D eigenvalue weighted by atomic mass is 10.3. The van der Waals surface area contributed by atoms with Crippen molar-refractivity contribution < 1.29 is 4.84 Å². The van der Waals surface area contributed by atoms with Crippen LogP contribution in [0.15, 0.2) is 0 Å². The third kappa shape index (κ3) is 1.46. The molecule has 47 valence electrons. The molecule has 1 fully saturated rings. The molecule has 0 unspecified atom stereocenters. The predicted octanol–water partition coefficient (Wildman–Crippen LogP) is 1.09. The third-order valence-corrected chi connectivity index (χ3v) is 1.56. The van der Waals surface area contributed by atoms with Gasteiger partial charge in [-0.1, -0.05) is 12.8 Å². The van der Waals surface area contributed by atoms with E-state index in [2.05, 4.69) is 5.48 Å². The van der Waals surface area contributed by atoms with E-state index in [-0.39, 0.29) is 0 Å². The maximum absolute atomic E-state index is 5.03. The lowest BCUT2D eigenvalue weighted by Crippen LogP contribution is -2.11. The maximum Gasteiger partial charge on any atom is 0.0810 e. The van der Waals surface area contributed by atoms with Crippen molar-refractivity contribution >= 4 is 0 Å². The summed E-state index contributed by atoms with van der Waals surface area (Å²) in [6.45, 7) is 0. The monoisotopic (exact) mass is 114 g/mol. The molecule has 0 N–H and O–H groups in total. The molecule has 0 heterocycles. The van der Waals surface area contributed by atoms with E-state index in [4.69, 9.17) is 4.84 Å². The van der Waals surface area contributed by atoms with E-state index in [0.29, 0.717) is 6.10 Å². The Hall–Kier alpha value is -0.0800. The fourth-order valence-electron chi connectivity index (χ4n) is 1.14. The molecular weight excluding hydrogens is 102 g/mol. The molecule has 0 aliphatic heterocycles. The summed E-state index contributed by atoms with van der Waals surface area (Å²) in [5.41, 5.74) is 3.62. The van der Waals surface area contributed by atoms with Gasteiger partial charge < -0.3 is 0 Å². The van der Waals surface area contributed by atoms with Crippen LogP contribution in [0, 0.1) is 0 Å². The van der Waals surface area contributed by atoms with E-state index in [1.165, 1.54) is 25.7 Å². The molecule has 1 aliphatic rings. The summed E-state index contributed by atoms with van der Waals surface area (Å²) in [5, 5.41) is 0. The molecule has 1 saturated carbocycles. The largest absolute Gasteiger partial charge is 0.279 e. The summed E-state index contributed by atoms with van der Waals surface area (Å²) in [4.78, 5) is 5.03. The minimum atomic E-state index is 0.444. The Morgan fingerprint density at radius 3 is 2.50 bits per heavy atom. The van der Waals surface area contributed by atoms with Crippen LogP contribution in [0.2, 0.25) is 0 Å². The highest BCUT2D eigenvalue weighted by Gasteiger charge is 2.14. The van der Waals surface area contributed by atoms with Gasteiger partial charge in [-0.05, 0) is 12.8 Å². The molecule has 0 atom stereocenters. The van der Waals surface area contributed by atoms with Gasteiger partial charge in [-0.25, -0.2) is 0 Å². The predicted molar refractivity (Wildman–Crippen MR) is 31.4 cm³/mol. The first-order valence-electron chi connectivity index (χ1n) is 3.18. The summed E-state index contributed by atoms with van der Waals surface area (Å²) in [5.74, 6) is 0. The van der Waals surface area contributed by atoms with Crippen LogP contribution in [-0.2, 0) is 4.84 Å². The summed E-state index contributed by atoms with van der Waals surface area (Å²) < 4.78 is 0. The third-order valence-electron chi connectivity index (χ3n) is 1.56. The molecule has 1 aliphatic carbocycles. The van der Waals surface area contributed by atoms with E-state index in [1.807, 2.05) is 0 Å². The second-order valence-corrected chi connectivity index (χ2v) is 2.19. The van der Waals surface area contributed by atoms with Crippen LogP contribution in [0.4, 0.5) is 0 Å². The minimum Gasteiger partial charge on any atom is -0.279 e. The van der Waals surface area contributed by atoms with Crippen molar-refractivity contribution in [3.63, 3.8) is 0 Å². The van der Waals surface area contributed by atoms with E-state index in [0.717, 1.165) is 0 Å². The normalized spacial score (nSPS) is 22.1. The zero-order chi connectivity index (χ0) is 5.82. The molecule has 0 amide bonds. The molecule has 0 aromatic heterocycles. The lowest BCUT2D eigenvalue weighted by molar-refractivity contribution is -0.0140. The highest BCUT2D eigenvalue weighted by molar-refractivity contribution is 4.65. The molecule has 2 nitrogen and oxygen atoms in total. The van der Waals surface area contributed by atoms with Crippen molar-refractivity contribution in [2.75, 3.05) is 7.05 Å². The van der Waals surface area contributed by atoms with Gasteiger partial charge in [0.25, 0.3) is 0 Å². The first-order chi connectivity index (χ1) is 3.93. The SMILES string of the molecule is C[N]OC1CCCC1. The fraction of sp³-hybridized carbons (Fsp3) is 1.00. The smallest absolute Gasteiger partial charge is 0.0810 e. The second-order valence-electron chi connectivity index (χ2n) is 2.19. The van der Waals surface area contributed by atoms with Crippen molar-refractivity contribution in [2.24, 2.45) is 0 Å². The standard InChI is InChI=1S/C6H12NO/c1-7-8-6-4-2-3-5-6/h6H,2-5H2,1H3. The van der Waals surface area contributed by atoms with Crippen LogP contribution in [0.3, 0.4) is 0 Å². The van der Waals surface area contributed by atoms with Gasteiger partial charge in [-0.2, -0.15) is 0 Å². The Bertz CT molecular complexity index is 59.5. The van der Waals surface area contributed by atoms with Crippen molar-refractivity contribution in [3.8, 4) is 0 Å². The van der Waals surface area contributed by atoms with Crippen molar-refractivity contribution in [1.82, 2.24) is 5.48 Å². The molecule has 1 rings (SSSR count). The van der Waals surface area contributed by atoms with Crippen molar-refractivity contribution in [1.29, 1.82) is 0 Å². The Labute approximate surface area is 50.2 Å². The van der Waals surface area contributed by atoms with Crippen LogP contribution in [0.5, 0.6) is 0 Å². The first kappa shape index (κ1) is 6.05. The fourth-order valence-corrected chi connectivity index (χ4v) is 1.14. The summed E-state index contributed by atoms with van der Waals surface area (Å²) >= 11 is 0. The molecule has 0 saturated heterocycles. The van der Waals surface area contributed by atoms with Gasteiger partial charge in [-0.15, -0.1) is 5.48 Å². The van der Waals surface area contributed by atoms with Crippen molar-refractivity contribution in [3.05, 3.63) is 0 Å². The zero-order valence-electron chi connectivity index (χ0n) is 5.26. The van der Waals surface area contributed by atoms with Crippen LogP contribution >= 0.6 is 0 Å². The van der Waals surface area contributed by atoms with Crippen LogP contribution < -0.4 is 5.48 Å². The summed E-state index contributed by atoms with van der Waals surface area (Å²) in [6.07, 6.45) is 5.50. The topological polar surface area (TPSA) is 23.3 Å². The molecule has 2 heteroatoms. The minimum absolute atomic E-state index is 0.444. The van der Waals surface area contributed by atoms with Gasteiger partial charge in [0.2, 0.25) is 0 Å². The summed E-state index contributed by atoms with van der Waals surface area (Å²) in [7, 11) is 1.69. The number of rotatable bonds is 2. The van der Waals surface area contributed by atoms with E-state index >= 15 is 0 Å². The molecule has 0 bridgehead atoms. The zero-order valence-corrected chi connectivity index (χ0v) is 5.26. The second kappa shape index (κ2) is 3.05. The average Bonchev–Trinajstić information content (AvgIpc) is 2.19. The summed E-state index contributed by atoms with van der Waals surface area (Å²) in [6, 6.07) is 0. The number of hydrogen-bond acceptors (Lipinski definition) is 1. The Morgan fingerprint density at radius 1 is 1.38 bits per heavy atom.